The van der Waals surface area contributed by atoms with Crippen LogP contribution in [0.15, 0.2) is 47.6 Å². The first-order valence-electron chi connectivity index (χ1n) is 26.9. The zero-order chi connectivity index (χ0) is 55.6. The van der Waals surface area contributed by atoms with Gasteiger partial charge in [0.25, 0.3) is 11.7 Å². The SMILES string of the molecule is CO[C@@H]1C[C@H](C[C@@H](C)[C@@H]2CC(=O)[C@H](C)/C=C(\C)[C@@H](O)[C@@H](OC)C(=O)[C@H](C)C[C@H](C)/C=C/C=C/C=C(\C)[C@H](OCCOCC(F)(F)F)C[C@@H]3CC[C@@H](C)[C@@](O)(O3)C(=O)C(=O)N3CCCC[C@H]3C(=O)O2)CC[C@H]1OCCO. The third-order valence-electron chi connectivity index (χ3n) is 15.4. The lowest BCUT2D eigenvalue weighted by molar-refractivity contribution is -0.266. The molecule has 2 bridgehead atoms. The summed E-state index contributed by atoms with van der Waals surface area (Å²) in [6.45, 7) is 10.2. The maximum Gasteiger partial charge on any atom is 0.411 e. The van der Waals surface area contributed by atoms with E-state index in [1.54, 1.807) is 72.1 Å². The van der Waals surface area contributed by atoms with Crippen molar-refractivity contribution in [3.63, 3.8) is 0 Å². The average Bonchev–Trinajstić information content (AvgIpc) is 3.37. The van der Waals surface area contributed by atoms with Gasteiger partial charge in [-0.05, 0) is 107 Å². The van der Waals surface area contributed by atoms with E-state index in [4.69, 9.17) is 33.2 Å². The van der Waals surface area contributed by atoms with Gasteiger partial charge in [0.1, 0.15) is 36.7 Å². The number of ketones is 3. The van der Waals surface area contributed by atoms with E-state index in [0.717, 1.165) is 11.3 Å². The zero-order valence-electron chi connectivity index (χ0n) is 45.6. The predicted octanol–water partition coefficient (Wildman–Crippen LogP) is 7.15. The molecular weight excluding hydrogens is 984 g/mol. The summed E-state index contributed by atoms with van der Waals surface area (Å²) in [5.74, 6) is -8.98. The number of amides is 1. The minimum atomic E-state index is -4.53. The molecule has 3 aliphatic heterocycles. The number of carbonyl (C=O) groups is 5. The van der Waals surface area contributed by atoms with Gasteiger partial charge in [-0.15, -0.1) is 0 Å². The van der Waals surface area contributed by atoms with Crippen LogP contribution in [0.3, 0.4) is 0 Å². The predicted molar refractivity (Wildman–Crippen MR) is 272 cm³/mol. The quantitative estimate of drug-likeness (QED) is 0.0723. The maximum atomic E-state index is 14.5. The number of cyclic esters (lactones) is 1. The Labute approximate surface area is 441 Å². The first kappa shape index (κ1) is 63.9. The molecule has 3 fully saturated rings. The van der Waals surface area contributed by atoms with E-state index in [1.165, 1.54) is 7.11 Å². The van der Waals surface area contributed by atoms with E-state index in [2.05, 4.69) is 0 Å². The van der Waals surface area contributed by atoms with Crippen molar-refractivity contribution in [2.24, 2.45) is 35.5 Å². The fourth-order valence-corrected chi connectivity index (χ4v) is 10.8. The molecule has 0 aromatic heterocycles. The number of Topliss-reactive ketones (excluding diaryl/α,β-unsaturated/α-hetero) is 3. The Bertz CT molecular complexity index is 1990. The normalized spacial score (nSPS) is 36.9. The van der Waals surface area contributed by atoms with E-state index in [9.17, 15) is 52.5 Å². The first-order chi connectivity index (χ1) is 35.4. The molecule has 0 spiro atoms. The third-order valence-corrected chi connectivity index (χ3v) is 15.4. The number of methoxy groups -OCH3 is 2. The number of esters is 1. The minimum Gasteiger partial charge on any atom is -0.460 e. The molecule has 3 heterocycles. The van der Waals surface area contributed by atoms with Crippen molar-refractivity contribution < 1.29 is 85.6 Å². The Morgan fingerprint density at radius 3 is 2.27 bits per heavy atom. The van der Waals surface area contributed by atoms with Gasteiger partial charge < -0.3 is 53.4 Å². The molecule has 19 heteroatoms. The van der Waals surface area contributed by atoms with Crippen molar-refractivity contribution in [2.45, 2.75) is 186 Å². The number of hydrogen-bond acceptors (Lipinski definition) is 15. The topological polar surface area (TPSA) is 214 Å². The number of piperidine rings is 1. The van der Waals surface area contributed by atoms with Crippen molar-refractivity contribution >= 4 is 29.2 Å². The monoisotopic (exact) mass is 1070 g/mol. The van der Waals surface area contributed by atoms with Crippen LogP contribution >= 0.6 is 0 Å². The van der Waals surface area contributed by atoms with Gasteiger partial charge in [0.2, 0.25) is 5.79 Å². The van der Waals surface area contributed by atoms with Crippen LogP contribution in [0.1, 0.15) is 126 Å². The van der Waals surface area contributed by atoms with Crippen LogP contribution in [0.2, 0.25) is 0 Å². The highest BCUT2D eigenvalue weighted by molar-refractivity contribution is 6.39. The minimum absolute atomic E-state index is 0.00247. The summed E-state index contributed by atoms with van der Waals surface area (Å²) in [5, 5.41) is 33.0. The first-order valence-corrected chi connectivity index (χ1v) is 26.9. The lowest BCUT2D eigenvalue weighted by Gasteiger charge is -2.43. The Morgan fingerprint density at radius 1 is 0.853 bits per heavy atom. The van der Waals surface area contributed by atoms with Gasteiger partial charge in [-0.1, -0.05) is 71.1 Å². The number of halogens is 3. The highest BCUT2D eigenvalue weighted by Gasteiger charge is 2.53. The lowest BCUT2D eigenvalue weighted by Crippen LogP contribution is -2.61. The molecule has 0 aromatic carbocycles. The van der Waals surface area contributed by atoms with Gasteiger partial charge in [0, 0.05) is 51.4 Å². The summed E-state index contributed by atoms with van der Waals surface area (Å²) >= 11 is 0. The van der Waals surface area contributed by atoms with Crippen LogP contribution < -0.4 is 0 Å². The summed E-state index contributed by atoms with van der Waals surface area (Å²) < 4.78 is 79.0. The van der Waals surface area contributed by atoms with Crippen molar-refractivity contribution in [1.82, 2.24) is 4.90 Å². The smallest absolute Gasteiger partial charge is 0.411 e. The Morgan fingerprint density at radius 2 is 1.59 bits per heavy atom. The highest BCUT2D eigenvalue weighted by atomic mass is 19.4. The molecule has 3 N–H and O–H groups in total. The van der Waals surface area contributed by atoms with Crippen LogP contribution in [-0.2, 0) is 57.1 Å². The molecule has 0 unspecified atom stereocenters. The van der Waals surface area contributed by atoms with E-state index < -0.39 is 96.5 Å². The van der Waals surface area contributed by atoms with Crippen molar-refractivity contribution in [2.75, 3.05) is 53.8 Å². The van der Waals surface area contributed by atoms with Crippen molar-refractivity contribution in [3.05, 3.63) is 47.6 Å². The molecular formula is C56H86F3NO15. The van der Waals surface area contributed by atoms with Gasteiger partial charge in [0.15, 0.2) is 5.78 Å². The van der Waals surface area contributed by atoms with E-state index in [0.29, 0.717) is 56.1 Å². The highest BCUT2D eigenvalue weighted by Crippen LogP contribution is 2.38. The molecule has 0 aromatic rings. The second-order valence-electron chi connectivity index (χ2n) is 21.5. The van der Waals surface area contributed by atoms with Crippen molar-refractivity contribution in [1.29, 1.82) is 0 Å². The van der Waals surface area contributed by atoms with Crippen LogP contribution in [0, 0.1) is 35.5 Å². The molecule has 1 amide bonds. The van der Waals surface area contributed by atoms with Crippen LogP contribution in [0.4, 0.5) is 13.2 Å². The number of hydrogen-bond donors (Lipinski definition) is 3. The Balaban J connectivity index is 1.71. The number of allylic oxidation sites excluding steroid dienone is 6. The molecule has 15 atom stereocenters. The lowest BCUT2D eigenvalue weighted by atomic mass is 9.78. The third kappa shape index (κ3) is 19.0. The van der Waals surface area contributed by atoms with Crippen LogP contribution in [0.5, 0.6) is 0 Å². The second kappa shape index (κ2) is 30.5. The summed E-state index contributed by atoms with van der Waals surface area (Å²) in [6.07, 6.45) is 4.90. The molecule has 1 aliphatic carbocycles. The standard InChI is InChI=1S/C56H86F3NO15/c1-34-15-11-10-12-16-35(2)46(73-26-25-71-33-55(57,58)59)31-42-20-18-40(7)56(68,75-42)52(65)53(66)60-22-14-13-17-43(60)54(67)74-47(37(4)29-41-19-21-45(72-24-23-61)48(30-41)69-8)32-44(62)36(3)28-39(6)50(64)51(70-9)49(63)38(5)27-34/h10-12,15-16,28,34,36-38,40-43,45-48,50-51,61,64,68H,13-14,17-27,29-33H2,1-9H3/b12-10+,15-11+,35-16+,39-28+/t34-,36-,37-,38-,40-,41+,42+,43+,45-,46-,47+,48-,50-,51+,56-/m1/s1. The van der Waals surface area contributed by atoms with Gasteiger partial charge in [-0.2, -0.15) is 13.2 Å². The van der Waals surface area contributed by atoms with E-state index in [-0.39, 0.29) is 94.3 Å². The zero-order valence-corrected chi connectivity index (χ0v) is 45.6. The van der Waals surface area contributed by atoms with Gasteiger partial charge in [-0.3, -0.25) is 19.2 Å². The molecule has 426 valence electrons. The molecule has 1 saturated carbocycles. The molecule has 2 saturated heterocycles. The summed E-state index contributed by atoms with van der Waals surface area (Å²) in [4.78, 5) is 72.5. The second-order valence-corrected chi connectivity index (χ2v) is 21.5. The number of carbonyl (C=O) groups excluding carboxylic acids is 5. The molecule has 16 nitrogen and oxygen atoms in total. The van der Waals surface area contributed by atoms with Crippen LogP contribution in [0.25, 0.3) is 0 Å². The van der Waals surface area contributed by atoms with Crippen LogP contribution in [-0.4, -0.2) is 164 Å². The number of ether oxygens (including phenoxy) is 7. The van der Waals surface area contributed by atoms with Crippen molar-refractivity contribution in [3.8, 4) is 0 Å². The number of aliphatic hydroxyl groups is 3. The van der Waals surface area contributed by atoms with Gasteiger partial charge in [0.05, 0.1) is 50.8 Å². The number of fused-ring (bicyclic) bond motifs is 3. The maximum absolute atomic E-state index is 14.5. The fourth-order valence-electron chi connectivity index (χ4n) is 10.8. The molecule has 4 aliphatic rings. The summed E-state index contributed by atoms with van der Waals surface area (Å²) in [5.41, 5.74) is 0.982. The molecule has 75 heavy (non-hydrogen) atoms. The summed E-state index contributed by atoms with van der Waals surface area (Å²) in [7, 11) is 2.94. The largest absolute Gasteiger partial charge is 0.460 e. The Kier molecular flexibility index (Phi) is 26.0. The number of rotatable bonds is 13. The van der Waals surface area contributed by atoms with E-state index in [1.807, 2.05) is 19.9 Å². The molecule has 4 rings (SSSR count). The number of alkyl halides is 3. The average molecular weight is 1070 g/mol. The van der Waals surface area contributed by atoms with E-state index >= 15 is 0 Å². The number of nitrogens with zero attached hydrogens (tertiary/aromatic N) is 1. The Hall–Kier alpha value is -3.66. The van der Waals surface area contributed by atoms with Gasteiger partial charge in [-0.25, -0.2) is 4.79 Å². The summed E-state index contributed by atoms with van der Waals surface area (Å²) in [6, 6.07) is -1.23. The van der Waals surface area contributed by atoms with Gasteiger partial charge >= 0.3 is 12.1 Å². The number of aliphatic hydroxyl groups excluding tert-OH is 2. The fraction of sp³-hybridized carbons (Fsp3) is 0.768. The molecule has 0 radical (unpaired) electrons.